The number of imidazole rings is 1. The van der Waals surface area contributed by atoms with Crippen molar-refractivity contribution in [3.05, 3.63) is 34.4 Å². The third-order valence-electron chi connectivity index (χ3n) is 6.76. The van der Waals surface area contributed by atoms with Crippen molar-refractivity contribution in [2.24, 2.45) is 24.3 Å². The van der Waals surface area contributed by atoms with Crippen molar-refractivity contribution in [3.63, 3.8) is 0 Å². The highest BCUT2D eigenvalue weighted by Crippen LogP contribution is 2.41. The molecular weight excluding hydrogens is 404 g/mol. The summed E-state index contributed by atoms with van der Waals surface area (Å²) < 4.78 is 3.45. The molecule has 1 saturated heterocycles. The Labute approximate surface area is 189 Å². The highest BCUT2D eigenvalue weighted by atomic mass is 16.3. The molecule has 0 bridgehead atoms. The molecule has 174 valence electrons. The molecule has 1 aliphatic carbocycles. The van der Waals surface area contributed by atoms with E-state index < -0.39 is 6.10 Å². The Balaban J connectivity index is 1.53. The van der Waals surface area contributed by atoms with E-state index in [1.54, 1.807) is 11.6 Å². The number of allylic oxidation sites excluding steroid dienone is 1. The average molecular weight is 441 g/mol. The van der Waals surface area contributed by atoms with Crippen LogP contribution in [-0.2, 0) is 18.4 Å². The molecule has 3 heterocycles. The van der Waals surface area contributed by atoms with Gasteiger partial charge in [-0.15, -0.1) is 0 Å². The van der Waals surface area contributed by atoms with Crippen molar-refractivity contribution in [2.45, 2.75) is 66.0 Å². The van der Waals surface area contributed by atoms with E-state index in [0.29, 0.717) is 43.5 Å². The van der Waals surface area contributed by atoms with Crippen LogP contribution in [0.25, 0.3) is 16.7 Å². The molecule has 0 saturated carbocycles. The summed E-state index contributed by atoms with van der Waals surface area (Å²) in [5, 5.41) is 10.2. The fraction of sp³-hybridized carbons (Fsp3) is 0.640. The Bertz CT molecular complexity index is 1100. The fourth-order valence-electron chi connectivity index (χ4n) is 5.09. The maximum absolute atomic E-state index is 12.8. The largest absolute Gasteiger partial charge is 0.383 e. The summed E-state index contributed by atoms with van der Waals surface area (Å²) in [6.07, 6.45) is 4.62. The second-order valence-electron chi connectivity index (χ2n) is 10.7. The van der Waals surface area contributed by atoms with Crippen LogP contribution in [0.15, 0.2) is 23.0 Å². The summed E-state index contributed by atoms with van der Waals surface area (Å²) >= 11 is 0. The van der Waals surface area contributed by atoms with Gasteiger partial charge in [0.2, 0.25) is 0 Å². The topological polar surface area (TPSA) is 80.4 Å². The monoisotopic (exact) mass is 440 g/mol. The number of nitrogens with zero attached hydrogens (tertiary/aromatic N) is 4. The molecule has 2 aromatic heterocycles. The number of carbonyl (C=O) groups is 1. The number of pyridine rings is 1. The van der Waals surface area contributed by atoms with E-state index in [1.807, 2.05) is 21.6 Å². The summed E-state index contributed by atoms with van der Waals surface area (Å²) in [4.78, 5) is 32.0. The minimum Gasteiger partial charge on any atom is -0.383 e. The molecular formula is C25H36N4O3. The number of aryl methyl sites for hydroxylation is 1. The Morgan fingerprint density at radius 1 is 1.28 bits per heavy atom. The Kier molecular flexibility index (Phi) is 6.05. The third kappa shape index (κ3) is 4.27. The van der Waals surface area contributed by atoms with Gasteiger partial charge < -0.3 is 10.0 Å². The van der Waals surface area contributed by atoms with Crippen LogP contribution in [-0.4, -0.2) is 49.2 Å². The lowest BCUT2D eigenvalue weighted by Crippen LogP contribution is -2.38. The number of unbranched alkanes of at least 4 members (excludes halogenated alkanes) is 1. The fourth-order valence-corrected chi connectivity index (χ4v) is 5.09. The van der Waals surface area contributed by atoms with Gasteiger partial charge in [-0.2, -0.15) is 0 Å². The Morgan fingerprint density at radius 2 is 2.03 bits per heavy atom. The predicted octanol–water partition coefficient (Wildman–Crippen LogP) is 3.19. The summed E-state index contributed by atoms with van der Waals surface area (Å²) in [6, 6.07) is 4.03. The number of carbonyl (C=O) groups excluding carboxylic acids is 1. The molecule has 3 unspecified atom stereocenters. The van der Waals surface area contributed by atoms with Gasteiger partial charge in [0.25, 0.3) is 5.91 Å². The molecule has 2 aliphatic rings. The Hall–Kier alpha value is -2.41. The van der Waals surface area contributed by atoms with E-state index in [2.05, 4.69) is 33.8 Å². The first-order chi connectivity index (χ1) is 15.1. The number of rotatable bonds is 6. The second-order valence-corrected chi connectivity index (χ2v) is 10.7. The molecule has 1 N–H and O–H groups in total. The molecule has 7 heteroatoms. The van der Waals surface area contributed by atoms with Crippen LogP contribution in [0.3, 0.4) is 0 Å². The van der Waals surface area contributed by atoms with Crippen LogP contribution in [0.5, 0.6) is 0 Å². The quantitative estimate of drug-likeness (QED) is 0.748. The number of amides is 1. The minimum atomic E-state index is -0.875. The lowest BCUT2D eigenvalue weighted by Gasteiger charge is -2.21. The smallest absolute Gasteiger partial charge is 0.330 e. The number of aliphatic hydroxyl groups is 1. The highest BCUT2D eigenvalue weighted by molar-refractivity contribution is 5.81. The van der Waals surface area contributed by atoms with Crippen LogP contribution in [0.2, 0.25) is 0 Å². The zero-order chi connectivity index (χ0) is 23.2. The summed E-state index contributed by atoms with van der Waals surface area (Å²) in [5.74, 6) is 0.552. The van der Waals surface area contributed by atoms with Crippen molar-refractivity contribution in [1.29, 1.82) is 0 Å². The molecule has 7 nitrogen and oxygen atoms in total. The van der Waals surface area contributed by atoms with E-state index in [1.165, 1.54) is 5.57 Å². The van der Waals surface area contributed by atoms with E-state index in [9.17, 15) is 14.7 Å². The predicted molar refractivity (Wildman–Crippen MR) is 126 cm³/mol. The highest BCUT2D eigenvalue weighted by Gasteiger charge is 2.40. The van der Waals surface area contributed by atoms with Crippen LogP contribution < -0.4 is 5.69 Å². The van der Waals surface area contributed by atoms with Gasteiger partial charge in [-0.25, -0.2) is 9.78 Å². The number of fused-ring (bicyclic) bond motifs is 2. The normalized spacial score (nSPS) is 21.8. The van der Waals surface area contributed by atoms with Gasteiger partial charge in [0.1, 0.15) is 6.10 Å². The molecule has 4 rings (SSSR count). The standard InChI is InChI=1S/C25H36N4O3/c1-6-7-8-21(30)23(31)28-13-17-11-16(12-18(17)14-28)19-9-10-20-22(26-19)27(5)24(32)29(20)15-25(2,3)4/h9-11,17-18,21,30H,6-8,12-15H2,1-5H3. The number of aliphatic hydroxyl groups excluding tert-OH is 1. The first-order valence-electron chi connectivity index (χ1n) is 11.8. The van der Waals surface area contributed by atoms with Crippen LogP contribution in [0, 0.1) is 17.3 Å². The molecule has 1 amide bonds. The van der Waals surface area contributed by atoms with Gasteiger partial charge in [-0.05, 0) is 47.8 Å². The summed E-state index contributed by atoms with van der Waals surface area (Å²) in [6.45, 7) is 10.4. The van der Waals surface area contributed by atoms with Crippen molar-refractivity contribution in [1.82, 2.24) is 19.0 Å². The molecule has 1 fully saturated rings. The van der Waals surface area contributed by atoms with Crippen LogP contribution in [0.1, 0.15) is 59.1 Å². The second kappa shape index (κ2) is 8.50. The van der Waals surface area contributed by atoms with E-state index in [4.69, 9.17) is 4.98 Å². The lowest BCUT2D eigenvalue weighted by atomic mass is 9.97. The van der Waals surface area contributed by atoms with Gasteiger partial charge in [0, 0.05) is 26.7 Å². The van der Waals surface area contributed by atoms with E-state index in [-0.39, 0.29) is 17.0 Å². The number of aromatic nitrogens is 3. The van der Waals surface area contributed by atoms with Crippen molar-refractivity contribution in [2.75, 3.05) is 13.1 Å². The first kappa shape index (κ1) is 22.8. The molecule has 0 radical (unpaired) electrons. The molecule has 1 aliphatic heterocycles. The number of hydrogen-bond acceptors (Lipinski definition) is 4. The SMILES string of the molecule is CCCCC(O)C(=O)N1CC2C=C(c3ccc4c(n3)n(C)c(=O)n4CC(C)(C)C)CC2C1. The molecule has 3 atom stereocenters. The maximum Gasteiger partial charge on any atom is 0.330 e. The first-order valence-corrected chi connectivity index (χ1v) is 11.8. The van der Waals surface area contributed by atoms with Gasteiger partial charge in [0.15, 0.2) is 5.65 Å². The van der Waals surface area contributed by atoms with Crippen LogP contribution >= 0.6 is 0 Å². The molecule has 2 aromatic rings. The number of hydrogen-bond donors (Lipinski definition) is 1. The maximum atomic E-state index is 12.8. The zero-order valence-electron chi connectivity index (χ0n) is 20.0. The van der Waals surface area contributed by atoms with Gasteiger partial charge in [-0.1, -0.05) is 46.6 Å². The molecule has 0 aromatic carbocycles. The van der Waals surface area contributed by atoms with Gasteiger partial charge >= 0.3 is 5.69 Å². The van der Waals surface area contributed by atoms with E-state index >= 15 is 0 Å². The van der Waals surface area contributed by atoms with Crippen LogP contribution in [0.4, 0.5) is 0 Å². The average Bonchev–Trinajstić information content (AvgIpc) is 3.38. The zero-order valence-corrected chi connectivity index (χ0v) is 20.0. The van der Waals surface area contributed by atoms with Gasteiger partial charge in [-0.3, -0.25) is 13.9 Å². The molecule has 32 heavy (non-hydrogen) atoms. The van der Waals surface area contributed by atoms with Crippen molar-refractivity contribution < 1.29 is 9.90 Å². The number of likely N-dealkylation sites (tertiary alicyclic amines) is 1. The van der Waals surface area contributed by atoms with Gasteiger partial charge in [0.05, 0.1) is 11.2 Å². The Morgan fingerprint density at radius 3 is 2.69 bits per heavy atom. The lowest BCUT2D eigenvalue weighted by molar-refractivity contribution is -0.139. The van der Waals surface area contributed by atoms with Crippen molar-refractivity contribution in [3.8, 4) is 0 Å². The minimum absolute atomic E-state index is 0.00433. The van der Waals surface area contributed by atoms with Crippen molar-refractivity contribution >= 4 is 22.6 Å². The third-order valence-corrected chi connectivity index (χ3v) is 6.76. The summed E-state index contributed by atoms with van der Waals surface area (Å²) in [5.41, 5.74) is 3.65. The van der Waals surface area contributed by atoms with E-state index in [0.717, 1.165) is 30.5 Å². The summed E-state index contributed by atoms with van der Waals surface area (Å²) in [7, 11) is 1.78. The molecule has 0 spiro atoms.